The van der Waals surface area contributed by atoms with Crippen LogP contribution in [0.3, 0.4) is 0 Å². The molecule has 0 bridgehead atoms. The average molecular weight is 320 g/mol. The SMILES string of the molecule is CCCCCCCCCCCCC(C)C(=O)S.NCCO. The van der Waals surface area contributed by atoms with E-state index in [1.54, 1.807) is 0 Å². The Bertz CT molecular complexity index is 211. The van der Waals surface area contributed by atoms with E-state index in [1.165, 1.54) is 64.2 Å². The second-order valence-electron chi connectivity index (χ2n) is 5.72. The van der Waals surface area contributed by atoms with Crippen molar-refractivity contribution < 1.29 is 9.90 Å². The molecule has 0 aromatic heterocycles. The van der Waals surface area contributed by atoms with E-state index >= 15 is 0 Å². The molecule has 0 amide bonds. The number of carbonyl (C=O) groups excluding carboxylic acids is 1. The number of carbonyl (C=O) groups is 1. The predicted molar refractivity (Wildman–Crippen MR) is 95.8 cm³/mol. The zero-order valence-corrected chi connectivity index (χ0v) is 15.0. The van der Waals surface area contributed by atoms with Crippen molar-refractivity contribution >= 4 is 17.7 Å². The fourth-order valence-electron chi connectivity index (χ4n) is 2.06. The molecule has 0 saturated heterocycles. The minimum Gasteiger partial charge on any atom is -0.395 e. The highest BCUT2D eigenvalue weighted by Crippen LogP contribution is 2.14. The Hall–Kier alpha value is -0.0600. The first-order chi connectivity index (χ1) is 10.1. The fourth-order valence-corrected chi connectivity index (χ4v) is 2.19. The highest BCUT2D eigenvalue weighted by Gasteiger charge is 2.06. The Labute approximate surface area is 137 Å². The summed E-state index contributed by atoms with van der Waals surface area (Å²) < 4.78 is 0. The van der Waals surface area contributed by atoms with Crippen LogP contribution in [-0.2, 0) is 4.79 Å². The molecule has 0 fully saturated rings. The summed E-state index contributed by atoms with van der Waals surface area (Å²) in [5.41, 5.74) is 4.78. The number of thiol groups is 1. The summed E-state index contributed by atoms with van der Waals surface area (Å²) in [6.07, 6.45) is 14.5. The maximum Gasteiger partial charge on any atom is 0.188 e. The maximum atomic E-state index is 10.9. The van der Waals surface area contributed by atoms with Gasteiger partial charge in [-0.15, -0.1) is 12.6 Å². The minimum atomic E-state index is 0.0425. The van der Waals surface area contributed by atoms with Gasteiger partial charge in [0.15, 0.2) is 5.12 Å². The summed E-state index contributed by atoms with van der Waals surface area (Å²) in [7, 11) is 0. The summed E-state index contributed by atoms with van der Waals surface area (Å²) in [4.78, 5) is 10.9. The van der Waals surface area contributed by atoms with Gasteiger partial charge in [-0.2, -0.15) is 0 Å². The standard InChI is InChI=1S/C15H30OS.C2H7NO/c1-3-4-5-6-7-8-9-10-11-12-13-14(2)15(16)17;3-1-2-4/h14H,3-13H2,1-2H3,(H,16,17);4H,1-3H2. The lowest BCUT2D eigenvalue weighted by Crippen LogP contribution is -2.03. The van der Waals surface area contributed by atoms with E-state index in [2.05, 4.69) is 19.6 Å². The third-order valence-electron chi connectivity index (χ3n) is 3.54. The van der Waals surface area contributed by atoms with Crippen molar-refractivity contribution in [3.8, 4) is 0 Å². The summed E-state index contributed by atoms with van der Waals surface area (Å²) >= 11 is 3.85. The molecule has 0 saturated carbocycles. The van der Waals surface area contributed by atoms with E-state index in [-0.39, 0.29) is 17.6 Å². The third-order valence-corrected chi connectivity index (χ3v) is 3.98. The number of aliphatic hydroxyl groups is 1. The molecule has 0 radical (unpaired) electrons. The molecule has 3 N–H and O–H groups in total. The quantitative estimate of drug-likeness (QED) is 0.350. The summed E-state index contributed by atoms with van der Waals surface area (Å²) in [5.74, 6) is 0.146. The molecule has 0 aliphatic heterocycles. The number of hydrogen-bond donors (Lipinski definition) is 3. The predicted octanol–water partition coefficient (Wildman–Crippen LogP) is 4.33. The normalized spacial score (nSPS) is 11.7. The highest BCUT2D eigenvalue weighted by molar-refractivity contribution is 7.96. The molecule has 0 rings (SSSR count). The van der Waals surface area contributed by atoms with E-state index in [0.717, 1.165) is 6.42 Å². The Morgan fingerprint density at radius 3 is 1.71 bits per heavy atom. The van der Waals surface area contributed by atoms with Crippen LogP contribution in [0, 0.1) is 5.92 Å². The molecular formula is C17H37NO2S. The number of aliphatic hydroxyl groups excluding tert-OH is 1. The van der Waals surface area contributed by atoms with E-state index < -0.39 is 0 Å². The van der Waals surface area contributed by atoms with Crippen LogP contribution in [0.4, 0.5) is 0 Å². The number of nitrogens with two attached hydrogens (primary N) is 1. The molecule has 4 heteroatoms. The van der Waals surface area contributed by atoms with Crippen molar-refractivity contribution in [3.63, 3.8) is 0 Å². The number of rotatable bonds is 13. The summed E-state index contributed by atoms with van der Waals surface area (Å²) in [6, 6.07) is 0. The second kappa shape index (κ2) is 19.9. The van der Waals surface area contributed by atoms with Gasteiger partial charge < -0.3 is 10.8 Å². The van der Waals surface area contributed by atoms with Gasteiger partial charge in [-0.25, -0.2) is 0 Å². The molecule has 1 unspecified atom stereocenters. The third kappa shape index (κ3) is 22.4. The minimum absolute atomic E-state index is 0.0425. The Morgan fingerprint density at radius 2 is 1.38 bits per heavy atom. The van der Waals surface area contributed by atoms with Crippen LogP contribution in [-0.4, -0.2) is 23.4 Å². The van der Waals surface area contributed by atoms with E-state index in [1.807, 2.05) is 6.92 Å². The van der Waals surface area contributed by atoms with Crippen LogP contribution in [0.1, 0.15) is 84.5 Å². The maximum absolute atomic E-state index is 10.9. The largest absolute Gasteiger partial charge is 0.395 e. The molecule has 0 aliphatic carbocycles. The van der Waals surface area contributed by atoms with Crippen molar-refractivity contribution in [2.24, 2.45) is 11.7 Å². The van der Waals surface area contributed by atoms with Gasteiger partial charge >= 0.3 is 0 Å². The Kier molecular flexibility index (Phi) is 22.0. The molecule has 0 aliphatic rings. The molecule has 1 atom stereocenters. The van der Waals surface area contributed by atoms with Crippen molar-refractivity contribution in [3.05, 3.63) is 0 Å². The van der Waals surface area contributed by atoms with Crippen molar-refractivity contribution in [1.82, 2.24) is 0 Å². The smallest absolute Gasteiger partial charge is 0.188 e. The molecule has 0 heterocycles. The van der Waals surface area contributed by atoms with Gasteiger partial charge in [-0.1, -0.05) is 78.1 Å². The molecule has 3 nitrogen and oxygen atoms in total. The summed E-state index contributed by atoms with van der Waals surface area (Å²) in [5, 5.41) is 7.79. The van der Waals surface area contributed by atoms with Crippen LogP contribution >= 0.6 is 12.6 Å². The van der Waals surface area contributed by atoms with E-state index in [4.69, 9.17) is 10.8 Å². The van der Waals surface area contributed by atoms with E-state index in [9.17, 15) is 4.79 Å². The van der Waals surface area contributed by atoms with Crippen molar-refractivity contribution in [2.75, 3.05) is 13.2 Å². The monoisotopic (exact) mass is 319 g/mol. The van der Waals surface area contributed by atoms with Crippen molar-refractivity contribution in [1.29, 1.82) is 0 Å². The van der Waals surface area contributed by atoms with Gasteiger partial charge in [0.25, 0.3) is 0 Å². The molecule has 0 spiro atoms. The average Bonchev–Trinajstić information content (AvgIpc) is 2.49. The van der Waals surface area contributed by atoms with E-state index in [0.29, 0.717) is 6.54 Å². The molecule has 0 aromatic carbocycles. The lowest BCUT2D eigenvalue weighted by Gasteiger charge is -2.06. The van der Waals surface area contributed by atoms with Gasteiger partial charge in [0.05, 0.1) is 6.61 Å². The molecular weight excluding hydrogens is 282 g/mol. The lowest BCUT2D eigenvalue weighted by molar-refractivity contribution is -0.113. The number of hydrogen-bond acceptors (Lipinski definition) is 3. The summed E-state index contributed by atoms with van der Waals surface area (Å²) in [6.45, 7) is 4.71. The molecule has 21 heavy (non-hydrogen) atoms. The second-order valence-corrected chi connectivity index (χ2v) is 6.16. The van der Waals surface area contributed by atoms with Crippen LogP contribution < -0.4 is 5.73 Å². The van der Waals surface area contributed by atoms with Gasteiger partial charge in [0.1, 0.15) is 0 Å². The van der Waals surface area contributed by atoms with Crippen LogP contribution in [0.25, 0.3) is 0 Å². The zero-order chi connectivity index (χ0) is 16.3. The Morgan fingerprint density at radius 1 is 1.00 bits per heavy atom. The van der Waals surface area contributed by atoms with Gasteiger partial charge in [-0.05, 0) is 6.42 Å². The fraction of sp³-hybridized carbons (Fsp3) is 0.941. The van der Waals surface area contributed by atoms with Crippen LogP contribution in [0.5, 0.6) is 0 Å². The zero-order valence-electron chi connectivity index (χ0n) is 14.1. The van der Waals surface area contributed by atoms with Gasteiger partial charge in [-0.3, -0.25) is 4.79 Å². The first kappa shape index (κ1) is 23.2. The van der Waals surface area contributed by atoms with Gasteiger partial charge in [0.2, 0.25) is 0 Å². The van der Waals surface area contributed by atoms with Crippen molar-refractivity contribution in [2.45, 2.75) is 84.5 Å². The lowest BCUT2D eigenvalue weighted by atomic mass is 10.0. The molecule has 128 valence electrons. The molecule has 0 aromatic rings. The Balaban J connectivity index is 0. The van der Waals surface area contributed by atoms with Crippen LogP contribution in [0.2, 0.25) is 0 Å². The highest BCUT2D eigenvalue weighted by atomic mass is 32.1. The first-order valence-corrected chi connectivity index (χ1v) is 9.08. The van der Waals surface area contributed by atoms with Gasteiger partial charge in [0, 0.05) is 12.5 Å². The topological polar surface area (TPSA) is 63.3 Å². The van der Waals surface area contributed by atoms with Crippen LogP contribution in [0.15, 0.2) is 0 Å². The number of unbranched alkanes of at least 4 members (excludes halogenated alkanes) is 9. The first-order valence-electron chi connectivity index (χ1n) is 8.63.